The summed E-state index contributed by atoms with van der Waals surface area (Å²) in [5.41, 5.74) is -2.15. The molecule has 0 bridgehead atoms. The lowest BCUT2D eigenvalue weighted by atomic mass is 10.1. The number of carbonyl (C=O) groups excluding carboxylic acids is 2. The Kier molecular flexibility index (Phi) is 5.48. The molecule has 0 unspecified atom stereocenters. The number of halogens is 3. The summed E-state index contributed by atoms with van der Waals surface area (Å²) in [5.74, 6) is -0.697. The zero-order valence-electron chi connectivity index (χ0n) is 12.7. The fourth-order valence-corrected chi connectivity index (χ4v) is 4.20. The van der Waals surface area contributed by atoms with Gasteiger partial charge in [-0.25, -0.2) is 17.9 Å². The molecule has 0 aliphatic carbocycles. The van der Waals surface area contributed by atoms with Crippen LogP contribution >= 0.6 is 11.3 Å². The van der Waals surface area contributed by atoms with Gasteiger partial charge in [-0.3, -0.25) is 10.1 Å². The standard InChI is InChI=1S/C12H12F3N5O4S2/c13-12(14,15)8(17)3-5(16)7-1-2-9(25-7)26(23,24)18-4-6-10(21)20-11(22)19-6/h1-2,6,16-18H,3-4H2,(H2,19,20,21,22)/t6-/m0/s1. The van der Waals surface area contributed by atoms with Crippen LogP contribution < -0.4 is 15.4 Å². The zero-order valence-corrected chi connectivity index (χ0v) is 14.4. The summed E-state index contributed by atoms with van der Waals surface area (Å²) < 4.78 is 63.2. The van der Waals surface area contributed by atoms with Crippen LogP contribution in [-0.2, 0) is 14.8 Å². The Morgan fingerprint density at radius 2 is 1.92 bits per heavy atom. The molecule has 26 heavy (non-hydrogen) atoms. The Hall–Kier alpha value is -2.32. The summed E-state index contributed by atoms with van der Waals surface area (Å²) in [5, 5.41) is 18.6. The number of alkyl halides is 3. The predicted octanol–water partition coefficient (Wildman–Crippen LogP) is 0.574. The molecule has 1 atom stereocenters. The molecule has 1 aliphatic rings. The van der Waals surface area contributed by atoms with Crippen LogP contribution in [0.2, 0.25) is 0 Å². The number of sulfonamides is 1. The minimum atomic E-state index is -4.85. The molecule has 1 aromatic heterocycles. The molecule has 2 heterocycles. The summed E-state index contributed by atoms with van der Waals surface area (Å²) in [6, 6.07) is 0.428. The summed E-state index contributed by atoms with van der Waals surface area (Å²) in [6.45, 7) is -0.413. The van der Waals surface area contributed by atoms with E-state index in [1.165, 1.54) is 0 Å². The van der Waals surface area contributed by atoms with Crippen LogP contribution in [0.1, 0.15) is 11.3 Å². The molecule has 0 radical (unpaired) electrons. The fraction of sp³-hybridized carbons (Fsp3) is 0.333. The van der Waals surface area contributed by atoms with Crippen molar-refractivity contribution in [3.8, 4) is 0 Å². The van der Waals surface area contributed by atoms with Crippen molar-refractivity contribution < 1.29 is 31.2 Å². The van der Waals surface area contributed by atoms with Crippen LogP contribution in [0.25, 0.3) is 0 Å². The lowest BCUT2D eigenvalue weighted by Crippen LogP contribution is -2.41. The van der Waals surface area contributed by atoms with E-state index in [1.54, 1.807) is 0 Å². The monoisotopic (exact) mass is 411 g/mol. The van der Waals surface area contributed by atoms with E-state index in [0.717, 1.165) is 12.1 Å². The maximum Gasteiger partial charge on any atom is 0.429 e. The molecule has 0 spiro atoms. The van der Waals surface area contributed by atoms with Gasteiger partial charge in [0.15, 0.2) is 0 Å². The van der Waals surface area contributed by atoms with E-state index in [1.807, 2.05) is 5.32 Å². The molecule has 3 amide bonds. The van der Waals surface area contributed by atoms with Crippen LogP contribution in [0, 0.1) is 10.8 Å². The van der Waals surface area contributed by atoms with E-state index in [0.29, 0.717) is 11.3 Å². The van der Waals surface area contributed by atoms with Crippen molar-refractivity contribution in [3.05, 3.63) is 17.0 Å². The highest BCUT2D eigenvalue weighted by Gasteiger charge is 2.35. The number of carbonyl (C=O) groups is 2. The first-order valence-electron chi connectivity index (χ1n) is 6.83. The number of imide groups is 1. The maximum atomic E-state index is 12.3. The molecule has 1 aliphatic heterocycles. The Bertz CT molecular complexity index is 878. The van der Waals surface area contributed by atoms with Gasteiger partial charge in [-0.1, -0.05) is 0 Å². The van der Waals surface area contributed by atoms with E-state index in [2.05, 4.69) is 10.0 Å². The topological polar surface area (TPSA) is 152 Å². The molecule has 9 nitrogen and oxygen atoms in total. The molecule has 14 heteroatoms. The summed E-state index contributed by atoms with van der Waals surface area (Å²) in [4.78, 5) is 22.3. The van der Waals surface area contributed by atoms with Gasteiger partial charge in [-0.15, -0.1) is 11.3 Å². The minimum absolute atomic E-state index is 0.0358. The largest absolute Gasteiger partial charge is 0.429 e. The second-order valence-corrected chi connectivity index (χ2v) is 8.20. The molecular weight excluding hydrogens is 399 g/mol. The average Bonchev–Trinajstić information content (AvgIpc) is 3.11. The van der Waals surface area contributed by atoms with Gasteiger partial charge in [0.1, 0.15) is 16.0 Å². The minimum Gasteiger partial charge on any atom is -0.325 e. The van der Waals surface area contributed by atoms with E-state index in [4.69, 9.17) is 10.8 Å². The third kappa shape index (κ3) is 4.64. The quantitative estimate of drug-likeness (QED) is 0.329. The Morgan fingerprint density at radius 3 is 2.46 bits per heavy atom. The number of hydrogen-bond acceptors (Lipinski definition) is 7. The summed E-state index contributed by atoms with van der Waals surface area (Å²) in [7, 11) is -4.09. The normalized spacial score (nSPS) is 17.7. The first-order valence-corrected chi connectivity index (χ1v) is 9.13. The highest BCUT2D eigenvalue weighted by atomic mass is 32.2. The molecule has 1 aromatic rings. The predicted molar refractivity (Wildman–Crippen MR) is 85.2 cm³/mol. The lowest BCUT2D eigenvalue weighted by molar-refractivity contribution is -0.120. The molecule has 1 saturated heterocycles. The summed E-state index contributed by atoms with van der Waals surface area (Å²) in [6.07, 6.45) is -5.84. The van der Waals surface area contributed by atoms with Crippen LogP contribution in [0.4, 0.5) is 18.0 Å². The number of urea groups is 1. The third-order valence-corrected chi connectivity index (χ3v) is 6.24. The number of nitrogens with one attached hydrogen (secondary N) is 5. The van der Waals surface area contributed by atoms with Gasteiger partial charge in [0, 0.05) is 17.8 Å². The molecule has 142 valence electrons. The van der Waals surface area contributed by atoms with Crippen molar-refractivity contribution in [2.45, 2.75) is 22.8 Å². The molecule has 5 N–H and O–H groups in total. The van der Waals surface area contributed by atoms with Crippen molar-refractivity contribution in [2.24, 2.45) is 0 Å². The smallest absolute Gasteiger partial charge is 0.325 e. The zero-order chi connectivity index (χ0) is 19.7. The van der Waals surface area contributed by atoms with Crippen molar-refractivity contribution in [3.63, 3.8) is 0 Å². The van der Waals surface area contributed by atoms with Crippen molar-refractivity contribution >= 4 is 44.7 Å². The van der Waals surface area contributed by atoms with E-state index in [-0.39, 0.29) is 9.09 Å². The lowest BCUT2D eigenvalue weighted by Gasteiger charge is -2.09. The van der Waals surface area contributed by atoms with Crippen LogP contribution in [-0.4, -0.2) is 50.5 Å². The van der Waals surface area contributed by atoms with Gasteiger partial charge >= 0.3 is 12.2 Å². The third-order valence-electron chi connectivity index (χ3n) is 3.18. The van der Waals surface area contributed by atoms with Gasteiger partial charge in [-0.05, 0) is 12.1 Å². The van der Waals surface area contributed by atoms with Gasteiger partial charge in [0.25, 0.3) is 5.91 Å². The van der Waals surface area contributed by atoms with Crippen LogP contribution in [0.3, 0.4) is 0 Å². The number of rotatable bonds is 7. The van der Waals surface area contributed by atoms with E-state index >= 15 is 0 Å². The molecule has 0 aromatic carbocycles. The fourth-order valence-electron chi connectivity index (χ4n) is 1.86. The average molecular weight is 411 g/mol. The second-order valence-electron chi connectivity index (χ2n) is 5.12. The number of hydrogen-bond donors (Lipinski definition) is 5. The highest BCUT2D eigenvalue weighted by molar-refractivity contribution is 7.91. The molecular formula is C12H12F3N5O4S2. The maximum absolute atomic E-state index is 12.3. The molecule has 2 rings (SSSR count). The van der Waals surface area contributed by atoms with Crippen molar-refractivity contribution in [1.29, 1.82) is 10.8 Å². The first kappa shape index (κ1) is 20.0. The van der Waals surface area contributed by atoms with Gasteiger partial charge in [0.2, 0.25) is 10.0 Å². The van der Waals surface area contributed by atoms with Gasteiger partial charge in [0.05, 0.1) is 5.71 Å². The van der Waals surface area contributed by atoms with E-state index in [9.17, 15) is 31.2 Å². The molecule has 1 fully saturated rings. The summed E-state index contributed by atoms with van der Waals surface area (Å²) >= 11 is 0.557. The highest BCUT2D eigenvalue weighted by Crippen LogP contribution is 2.25. The SMILES string of the molecule is N=C(CC(=N)C(F)(F)F)c1ccc(S(=O)(=O)NC[C@@H]2NC(=O)NC2=O)s1. The Balaban J connectivity index is 2.03. The Morgan fingerprint density at radius 1 is 1.27 bits per heavy atom. The number of thiophene rings is 1. The first-order chi connectivity index (χ1) is 11.9. The van der Waals surface area contributed by atoms with Crippen molar-refractivity contribution in [1.82, 2.24) is 15.4 Å². The van der Waals surface area contributed by atoms with Crippen LogP contribution in [0.5, 0.6) is 0 Å². The molecule has 0 saturated carbocycles. The Labute approximate surface area is 149 Å². The van der Waals surface area contributed by atoms with Crippen LogP contribution in [0.15, 0.2) is 16.3 Å². The van der Waals surface area contributed by atoms with E-state index < -0.39 is 58.6 Å². The van der Waals surface area contributed by atoms with Gasteiger partial charge < -0.3 is 16.1 Å². The van der Waals surface area contributed by atoms with Gasteiger partial charge in [-0.2, -0.15) is 13.2 Å². The van der Waals surface area contributed by atoms with Crippen molar-refractivity contribution in [2.75, 3.05) is 6.54 Å². The number of amides is 3. The second kappa shape index (κ2) is 7.13.